The number of aromatic nitrogens is 1. The minimum atomic E-state index is 0.127. The first kappa shape index (κ1) is 13.1. The van der Waals surface area contributed by atoms with Gasteiger partial charge in [0.15, 0.2) is 0 Å². The van der Waals surface area contributed by atoms with Gasteiger partial charge in [0.2, 0.25) is 0 Å². The molecule has 1 aromatic rings. The van der Waals surface area contributed by atoms with E-state index in [1.54, 1.807) is 12.4 Å². The fourth-order valence-electron chi connectivity index (χ4n) is 3.52. The van der Waals surface area contributed by atoms with Gasteiger partial charge in [0.05, 0.1) is 5.56 Å². The second kappa shape index (κ2) is 5.23. The Bertz CT molecular complexity index is 473. The minimum Gasteiger partial charge on any atom is -0.339 e. The number of carbonyl (C=O) groups is 1. The van der Waals surface area contributed by atoms with E-state index in [-0.39, 0.29) is 5.91 Å². The molecule has 0 aromatic carbocycles. The van der Waals surface area contributed by atoms with E-state index in [0.29, 0.717) is 11.0 Å². The van der Waals surface area contributed by atoms with Crippen LogP contribution in [0, 0.1) is 5.41 Å². The number of nitrogens with zero attached hydrogens (tertiary/aromatic N) is 2. The normalized spacial score (nSPS) is 21.8. The predicted molar refractivity (Wildman–Crippen MR) is 78.0 cm³/mol. The van der Waals surface area contributed by atoms with E-state index in [1.165, 1.54) is 38.5 Å². The topological polar surface area (TPSA) is 33.2 Å². The fraction of sp³-hybridized carbons (Fsp3) is 0.600. The molecule has 1 spiro atoms. The van der Waals surface area contributed by atoms with Gasteiger partial charge in [-0.3, -0.25) is 9.78 Å². The lowest BCUT2D eigenvalue weighted by molar-refractivity contribution is 0.0587. The maximum absolute atomic E-state index is 12.4. The van der Waals surface area contributed by atoms with E-state index in [1.807, 2.05) is 11.0 Å². The van der Waals surface area contributed by atoms with Gasteiger partial charge in [-0.25, -0.2) is 0 Å². The van der Waals surface area contributed by atoms with E-state index < -0.39 is 0 Å². The largest absolute Gasteiger partial charge is 0.339 e. The lowest BCUT2D eigenvalue weighted by Crippen LogP contribution is -2.42. The van der Waals surface area contributed by atoms with Crippen LogP contribution in [-0.4, -0.2) is 28.9 Å². The van der Waals surface area contributed by atoms with Crippen LogP contribution >= 0.6 is 15.9 Å². The first-order valence-corrected chi connectivity index (χ1v) is 7.88. The monoisotopic (exact) mass is 322 g/mol. The molecule has 1 aromatic heterocycles. The van der Waals surface area contributed by atoms with Crippen LogP contribution in [0.1, 0.15) is 48.9 Å². The molecule has 0 unspecified atom stereocenters. The van der Waals surface area contributed by atoms with Crippen LogP contribution in [-0.2, 0) is 0 Å². The van der Waals surface area contributed by atoms with Crippen molar-refractivity contribution in [3.8, 4) is 0 Å². The summed E-state index contributed by atoms with van der Waals surface area (Å²) in [6, 6.07) is 1.86. The molecule has 0 bridgehead atoms. The van der Waals surface area contributed by atoms with Gasteiger partial charge in [-0.2, -0.15) is 0 Å². The summed E-state index contributed by atoms with van der Waals surface area (Å²) in [5.74, 6) is 0.127. The lowest BCUT2D eigenvalue weighted by Gasteiger charge is -2.39. The molecule has 2 fully saturated rings. The Morgan fingerprint density at radius 1 is 1.16 bits per heavy atom. The molecule has 1 aliphatic carbocycles. The number of pyridine rings is 1. The highest BCUT2D eigenvalue weighted by atomic mass is 79.9. The Morgan fingerprint density at radius 2 is 1.84 bits per heavy atom. The maximum atomic E-state index is 12.4. The third-order valence-corrected chi connectivity index (χ3v) is 5.16. The molecule has 1 saturated heterocycles. The maximum Gasteiger partial charge on any atom is 0.255 e. The zero-order chi connectivity index (χ0) is 13.3. The van der Waals surface area contributed by atoms with Gasteiger partial charge < -0.3 is 4.90 Å². The van der Waals surface area contributed by atoms with Gasteiger partial charge >= 0.3 is 0 Å². The van der Waals surface area contributed by atoms with Crippen molar-refractivity contribution in [2.45, 2.75) is 38.5 Å². The third-order valence-electron chi connectivity index (χ3n) is 4.73. The lowest BCUT2D eigenvalue weighted by atomic mass is 9.77. The van der Waals surface area contributed by atoms with E-state index >= 15 is 0 Å². The number of halogens is 1. The SMILES string of the molecule is O=C(c1cncc(Br)c1)N1CCC2(CCCC2)CC1. The number of hydrogen-bond donors (Lipinski definition) is 0. The van der Waals surface area contributed by atoms with E-state index in [2.05, 4.69) is 20.9 Å². The standard InChI is InChI=1S/C15H19BrN2O/c16-13-9-12(10-17-11-13)14(19)18-7-5-15(6-8-18)3-1-2-4-15/h9-11H,1-8H2. The molecule has 1 saturated carbocycles. The average Bonchev–Trinajstić information content (AvgIpc) is 2.87. The Morgan fingerprint density at radius 3 is 2.47 bits per heavy atom. The smallest absolute Gasteiger partial charge is 0.255 e. The van der Waals surface area contributed by atoms with Crippen LogP contribution < -0.4 is 0 Å². The van der Waals surface area contributed by atoms with Crippen molar-refractivity contribution < 1.29 is 4.79 Å². The number of hydrogen-bond acceptors (Lipinski definition) is 2. The first-order valence-electron chi connectivity index (χ1n) is 7.08. The molecule has 3 rings (SSSR count). The summed E-state index contributed by atoms with van der Waals surface area (Å²) in [7, 11) is 0. The van der Waals surface area contributed by atoms with Gasteiger partial charge in [0, 0.05) is 30.0 Å². The van der Waals surface area contributed by atoms with Crippen LogP contribution in [0.4, 0.5) is 0 Å². The van der Waals surface area contributed by atoms with Crippen molar-refractivity contribution in [3.05, 3.63) is 28.5 Å². The van der Waals surface area contributed by atoms with E-state index in [4.69, 9.17) is 0 Å². The summed E-state index contributed by atoms with van der Waals surface area (Å²) in [5.41, 5.74) is 1.25. The number of rotatable bonds is 1. The van der Waals surface area contributed by atoms with Crippen LogP contribution in [0.25, 0.3) is 0 Å². The van der Waals surface area contributed by atoms with Crippen molar-refractivity contribution in [3.63, 3.8) is 0 Å². The molecule has 3 nitrogen and oxygen atoms in total. The summed E-state index contributed by atoms with van der Waals surface area (Å²) < 4.78 is 0.864. The Kier molecular flexibility index (Phi) is 3.61. The summed E-state index contributed by atoms with van der Waals surface area (Å²) in [6.07, 6.45) is 11.2. The second-order valence-corrected chi connectivity index (χ2v) is 6.81. The molecule has 0 atom stereocenters. The van der Waals surface area contributed by atoms with Crippen LogP contribution in [0.2, 0.25) is 0 Å². The first-order chi connectivity index (χ1) is 9.19. The van der Waals surface area contributed by atoms with Gasteiger partial charge in [0.25, 0.3) is 5.91 Å². The summed E-state index contributed by atoms with van der Waals surface area (Å²) in [4.78, 5) is 18.5. The fourth-order valence-corrected chi connectivity index (χ4v) is 3.89. The predicted octanol–water partition coefficient (Wildman–Crippen LogP) is 3.64. The molecule has 19 heavy (non-hydrogen) atoms. The Balaban J connectivity index is 1.66. The van der Waals surface area contributed by atoms with Crippen molar-refractivity contribution in [2.24, 2.45) is 5.41 Å². The third kappa shape index (κ3) is 2.69. The molecule has 0 N–H and O–H groups in total. The molecular weight excluding hydrogens is 304 g/mol. The Hall–Kier alpha value is -0.900. The zero-order valence-corrected chi connectivity index (χ0v) is 12.7. The highest BCUT2D eigenvalue weighted by Crippen LogP contribution is 2.46. The molecule has 102 valence electrons. The molecule has 4 heteroatoms. The van der Waals surface area contributed by atoms with Crippen molar-refractivity contribution >= 4 is 21.8 Å². The molecule has 0 radical (unpaired) electrons. The quantitative estimate of drug-likeness (QED) is 0.790. The molecular formula is C15H19BrN2O. The number of carbonyl (C=O) groups excluding carboxylic acids is 1. The Labute approximate surface area is 122 Å². The summed E-state index contributed by atoms with van der Waals surface area (Å²) in [6.45, 7) is 1.82. The number of piperidine rings is 1. The summed E-state index contributed by atoms with van der Waals surface area (Å²) in [5, 5.41) is 0. The number of amides is 1. The van der Waals surface area contributed by atoms with E-state index in [0.717, 1.165) is 17.6 Å². The molecule has 2 aliphatic rings. The van der Waals surface area contributed by atoms with Gasteiger partial charge in [-0.1, -0.05) is 12.8 Å². The van der Waals surface area contributed by atoms with Gasteiger partial charge in [-0.15, -0.1) is 0 Å². The molecule has 1 amide bonds. The van der Waals surface area contributed by atoms with Crippen molar-refractivity contribution in [2.75, 3.05) is 13.1 Å². The van der Waals surface area contributed by atoms with Gasteiger partial charge in [0.1, 0.15) is 0 Å². The van der Waals surface area contributed by atoms with Crippen LogP contribution in [0.15, 0.2) is 22.9 Å². The number of likely N-dealkylation sites (tertiary alicyclic amines) is 1. The van der Waals surface area contributed by atoms with Crippen molar-refractivity contribution in [1.82, 2.24) is 9.88 Å². The van der Waals surface area contributed by atoms with Crippen LogP contribution in [0.3, 0.4) is 0 Å². The van der Waals surface area contributed by atoms with Crippen LogP contribution in [0.5, 0.6) is 0 Å². The summed E-state index contributed by atoms with van der Waals surface area (Å²) >= 11 is 3.37. The average molecular weight is 323 g/mol. The molecule has 2 heterocycles. The highest BCUT2D eigenvalue weighted by molar-refractivity contribution is 9.10. The highest BCUT2D eigenvalue weighted by Gasteiger charge is 2.38. The molecule has 1 aliphatic heterocycles. The minimum absolute atomic E-state index is 0.127. The zero-order valence-electron chi connectivity index (χ0n) is 11.1. The second-order valence-electron chi connectivity index (χ2n) is 5.89. The van der Waals surface area contributed by atoms with Gasteiger partial charge in [-0.05, 0) is 53.1 Å². The van der Waals surface area contributed by atoms with E-state index in [9.17, 15) is 4.79 Å². The van der Waals surface area contributed by atoms with Crippen molar-refractivity contribution in [1.29, 1.82) is 0 Å².